The first kappa shape index (κ1) is 10.6. The Morgan fingerprint density at radius 2 is 2.19 bits per heavy atom. The molecule has 0 bridgehead atoms. The number of thiocarbonyl (C=S) groups is 1. The van der Waals surface area contributed by atoms with Crippen LogP contribution in [0, 0.1) is 6.92 Å². The molecule has 16 heavy (non-hydrogen) atoms. The predicted molar refractivity (Wildman–Crippen MR) is 69.7 cm³/mol. The van der Waals surface area contributed by atoms with Crippen molar-refractivity contribution in [2.45, 2.75) is 6.92 Å². The summed E-state index contributed by atoms with van der Waals surface area (Å²) in [6.07, 6.45) is 0. The van der Waals surface area contributed by atoms with Gasteiger partial charge in [0.05, 0.1) is 0 Å². The highest BCUT2D eigenvalue weighted by Gasteiger charge is 2.01. The number of hydrogen-bond donors (Lipinski definition) is 3. The van der Waals surface area contributed by atoms with Gasteiger partial charge in [-0.2, -0.15) is 0 Å². The molecule has 0 aliphatic heterocycles. The van der Waals surface area contributed by atoms with Gasteiger partial charge in [-0.3, -0.25) is 4.79 Å². The summed E-state index contributed by atoms with van der Waals surface area (Å²) in [4.78, 5) is 14.0. The van der Waals surface area contributed by atoms with Gasteiger partial charge < -0.3 is 16.0 Å². The molecule has 2 aromatic rings. The van der Waals surface area contributed by atoms with Crippen LogP contribution in [0.25, 0.3) is 10.9 Å². The third kappa shape index (κ3) is 2.04. The second kappa shape index (κ2) is 3.94. The van der Waals surface area contributed by atoms with E-state index in [2.05, 4.69) is 10.3 Å². The lowest BCUT2D eigenvalue weighted by Gasteiger charge is -2.06. The van der Waals surface area contributed by atoms with Crippen LogP contribution in [-0.2, 0) is 0 Å². The van der Waals surface area contributed by atoms with Crippen molar-refractivity contribution in [3.8, 4) is 0 Å². The molecule has 0 fully saturated rings. The Bertz CT molecular complexity index is 618. The molecule has 0 radical (unpaired) electrons. The molecule has 0 saturated heterocycles. The smallest absolute Gasteiger partial charge is 0.248 e. The number of aryl methyl sites for hydroxylation is 1. The normalized spacial score (nSPS) is 10.3. The third-order valence-electron chi connectivity index (χ3n) is 2.32. The van der Waals surface area contributed by atoms with Crippen molar-refractivity contribution in [2.75, 3.05) is 5.32 Å². The maximum Gasteiger partial charge on any atom is 0.248 e. The monoisotopic (exact) mass is 233 g/mol. The lowest BCUT2D eigenvalue weighted by atomic mass is 10.1. The first-order chi connectivity index (χ1) is 7.56. The van der Waals surface area contributed by atoms with Crippen LogP contribution >= 0.6 is 12.2 Å². The van der Waals surface area contributed by atoms with E-state index in [9.17, 15) is 4.79 Å². The minimum absolute atomic E-state index is 0.0972. The van der Waals surface area contributed by atoms with Crippen molar-refractivity contribution in [3.05, 3.63) is 40.2 Å². The fourth-order valence-corrected chi connectivity index (χ4v) is 1.76. The predicted octanol–water partition coefficient (Wildman–Crippen LogP) is 1.49. The molecule has 2 rings (SSSR count). The van der Waals surface area contributed by atoms with Crippen LogP contribution in [0.15, 0.2) is 29.1 Å². The number of hydrogen-bond acceptors (Lipinski definition) is 2. The van der Waals surface area contributed by atoms with E-state index in [1.807, 2.05) is 25.1 Å². The molecule has 4 nitrogen and oxygen atoms in total. The zero-order valence-corrected chi connectivity index (χ0v) is 9.52. The highest BCUT2D eigenvalue weighted by Crippen LogP contribution is 2.19. The molecule has 0 amide bonds. The third-order valence-corrected chi connectivity index (χ3v) is 2.42. The summed E-state index contributed by atoms with van der Waals surface area (Å²) in [5, 5.41) is 4.05. The highest BCUT2D eigenvalue weighted by atomic mass is 32.1. The summed E-state index contributed by atoms with van der Waals surface area (Å²) >= 11 is 4.76. The van der Waals surface area contributed by atoms with Gasteiger partial charge in [-0.05, 0) is 42.9 Å². The molecule has 82 valence electrons. The molecule has 4 N–H and O–H groups in total. The van der Waals surface area contributed by atoms with Gasteiger partial charge in [0.15, 0.2) is 5.11 Å². The molecular weight excluding hydrogens is 222 g/mol. The Balaban J connectivity index is 2.61. The molecule has 0 unspecified atom stereocenters. The van der Waals surface area contributed by atoms with Crippen molar-refractivity contribution >= 4 is 33.9 Å². The van der Waals surface area contributed by atoms with Crippen LogP contribution in [0.1, 0.15) is 5.56 Å². The van der Waals surface area contributed by atoms with E-state index < -0.39 is 0 Å². The molecule has 0 aliphatic carbocycles. The van der Waals surface area contributed by atoms with E-state index in [1.54, 1.807) is 6.07 Å². The summed E-state index contributed by atoms with van der Waals surface area (Å²) in [6, 6.07) is 7.11. The van der Waals surface area contributed by atoms with Crippen molar-refractivity contribution in [1.82, 2.24) is 4.98 Å². The maximum atomic E-state index is 11.3. The zero-order valence-electron chi connectivity index (χ0n) is 8.70. The quantitative estimate of drug-likeness (QED) is 0.653. The number of fused-ring (bicyclic) bond motifs is 1. The van der Waals surface area contributed by atoms with E-state index in [4.69, 9.17) is 18.0 Å². The number of pyridine rings is 1. The largest absolute Gasteiger partial charge is 0.376 e. The Hall–Kier alpha value is -1.88. The molecule has 0 aliphatic rings. The number of anilines is 1. The Morgan fingerprint density at radius 1 is 1.44 bits per heavy atom. The number of rotatable bonds is 1. The lowest BCUT2D eigenvalue weighted by molar-refractivity contribution is 1.28. The molecule has 1 aromatic carbocycles. The molecule has 1 aromatic heterocycles. The summed E-state index contributed by atoms with van der Waals surface area (Å²) in [5.41, 5.74) is 7.84. The fraction of sp³-hybridized carbons (Fsp3) is 0.0909. The molecule has 0 saturated carbocycles. The summed E-state index contributed by atoms with van der Waals surface area (Å²) in [7, 11) is 0. The summed E-state index contributed by atoms with van der Waals surface area (Å²) in [5.74, 6) is 0. The first-order valence-electron chi connectivity index (χ1n) is 4.76. The van der Waals surface area contributed by atoms with Gasteiger partial charge >= 0.3 is 0 Å². The second-order valence-electron chi connectivity index (χ2n) is 3.57. The molecule has 5 heteroatoms. The highest BCUT2D eigenvalue weighted by molar-refractivity contribution is 7.80. The van der Waals surface area contributed by atoms with Crippen molar-refractivity contribution < 1.29 is 0 Å². The van der Waals surface area contributed by atoms with Crippen LogP contribution < -0.4 is 16.6 Å². The average molecular weight is 233 g/mol. The van der Waals surface area contributed by atoms with Crippen molar-refractivity contribution in [2.24, 2.45) is 5.73 Å². The van der Waals surface area contributed by atoms with Crippen LogP contribution in [0.3, 0.4) is 0 Å². The Kier molecular flexibility index (Phi) is 2.62. The van der Waals surface area contributed by atoms with E-state index in [1.165, 1.54) is 0 Å². The van der Waals surface area contributed by atoms with E-state index in [-0.39, 0.29) is 10.7 Å². The minimum atomic E-state index is -0.0972. The zero-order chi connectivity index (χ0) is 11.7. The fourth-order valence-electron chi connectivity index (χ4n) is 1.64. The number of benzene rings is 1. The van der Waals surface area contributed by atoms with Crippen LogP contribution in [0.5, 0.6) is 0 Å². The SMILES string of the molecule is Cc1cc(=O)[nH]c2ccc(NC(N)=S)cc12. The van der Waals surface area contributed by atoms with Gasteiger partial charge in [-0.1, -0.05) is 0 Å². The standard InChI is InChI=1S/C11H11N3OS/c1-6-4-10(15)14-9-3-2-7(5-8(6)9)13-11(12)16/h2-5H,1H3,(H,14,15)(H3,12,13,16). The maximum absolute atomic E-state index is 11.3. The van der Waals surface area contributed by atoms with Crippen molar-refractivity contribution in [1.29, 1.82) is 0 Å². The van der Waals surface area contributed by atoms with Gasteiger partial charge in [-0.25, -0.2) is 0 Å². The average Bonchev–Trinajstić information content (AvgIpc) is 2.18. The Labute approximate surface area is 97.5 Å². The number of H-pyrrole nitrogens is 1. The molecular formula is C11H11N3OS. The number of nitrogens with one attached hydrogen (secondary N) is 2. The van der Waals surface area contributed by atoms with E-state index in [0.29, 0.717) is 0 Å². The number of aromatic nitrogens is 1. The van der Waals surface area contributed by atoms with Crippen LogP contribution in [0.2, 0.25) is 0 Å². The van der Waals surface area contributed by atoms with Crippen molar-refractivity contribution in [3.63, 3.8) is 0 Å². The summed E-state index contributed by atoms with van der Waals surface area (Å²) < 4.78 is 0. The van der Waals surface area contributed by atoms with E-state index in [0.717, 1.165) is 22.2 Å². The van der Waals surface area contributed by atoms with Gasteiger partial charge in [-0.15, -0.1) is 0 Å². The molecule has 1 heterocycles. The van der Waals surface area contributed by atoms with Gasteiger partial charge in [0.25, 0.3) is 0 Å². The van der Waals surface area contributed by atoms with E-state index >= 15 is 0 Å². The van der Waals surface area contributed by atoms with Gasteiger partial charge in [0, 0.05) is 22.7 Å². The molecule has 0 spiro atoms. The second-order valence-corrected chi connectivity index (χ2v) is 4.01. The lowest BCUT2D eigenvalue weighted by Crippen LogP contribution is -2.18. The van der Waals surface area contributed by atoms with Gasteiger partial charge in [0.1, 0.15) is 0 Å². The first-order valence-corrected chi connectivity index (χ1v) is 5.17. The molecule has 0 atom stereocenters. The minimum Gasteiger partial charge on any atom is -0.376 e. The van der Waals surface area contributed by atoms with Gasteiger partial charge in [0.2, 0.25) is 5.56 Å². The number of aromatic amines is 1. The number of nitrogens with two attached hydrogens (primary N) is 1. The van der Waals surface area contributed by atoms with Crippen LogP contribution in [-0.4, -0.2) is 10.1 Å². The topological polar surface area (TPSA) is 70.9 Å². The summed E-state index contributed by atoms with van der Waals surface area (Å²) in [6.45, 7) is 1.89. The van der Waals surface area contributed by atoms with Crippen LogP contribution in [0.4, 0.5) is 5.69 Å². The Morgan fingerprint density at radius 3 is 2.88 bits per heavy atom.